The Kier molecular flexibility index (Phi) is 4.53. The largest absolute Gasteiger partial charge is 0.488 e. The van der Waals surface area contributed by atoms with Gasteiger partial charge in [0.15, 0.2) is 0 Å². The molecule has 0 heterocycles. The molecule has 0 spiro atoms. The van der Waals surface area contributed by atoms with Crippen molar-refractivity contribution in [3.63, 3.8) is 0 Å². The van der Waals surface area contributed by atoms with Gasteiger partial charge < -0.3 is 10.5 Å². The van der Waals surface area contributed by atoms with E-state index in [1.54, 1.807) is 6.92 Å². The normalized spacial score (nSPS) is 14.5. The predicted octanol–water partition coefficient (Wildman–Crippen LogP) is 4.17. The van der Waals surface area contributed by atoms with Gasteiger partial charge in [0.25, 0.3) is 0 Å². The molecule has 21 heavy (non-hydrogen) atoms. The van der Waals surface area contributed by atoms with Crippen LogP contribution in [0.15, 0.2) is 54.6 Å². The molecule has 0 amide bonds. The molecular formula is C16H16F3NO. The van der Waals surface area contributed by atoms with Gasteiger partial charge in [-0.25, -0.2) is 0 Å². The van der Waals surface area contributed by atoms with Crippen LogP contribution in [0.4, 0.5) is 13.2 Å². The van der Waals surface area contributed by atoms with Crippen molar-refractivity contribution in [3.8, 4) is 5.75 Å². The number of nitrogens with two attached hydrogens (primary N) is 1. The number of halogens is 3. The summed E-state index contributed by atoms with van der Waals surface area (Å²) in [7, 11) is 0. The van der Waals surface area contributed by atoms with Crippen LogP contribution in [0.1, 0.15) is 24.1 Å². The first kappa shape index (κ1) is 15.4. The Bertz CT molecular complexity index is 584. The first-order chi connectivity index (χ1) is 9.89. The minimum Gasteiger partial charge on any atom is -0.488 e. The van der Waals surface area contributed by atoms with E-state index in [0.717, 1.165) is 11.6 Å². The molecule has 2 aromatic carbocycles. The molecule has 2 N–H and O–H groups in total. The van der Waals surface area contributed by atoms with Gasteiger partial charge in [0.1, 0.15) is 11.9 Å². The molecule has 0 aliphatic rings. The lowest BCUT2D eigenvalue weighted by Crippen LogP contribution is -2.29. The maximum Gasteiger partial charge on any atom is 0.419 e. The molecule has 0 aliphatic heterocycles. The van der Waals surface area contributed by atoms with E-state index in [2.05, 4.69) is 0 Å². The van der Waals surface area contributed by atoms with Gasteiger partial charge in [-0.3, -0.25) is 0 Å². The second kappa shape index (κ2) is 6.18. The third kappa shape index (κ3) is 3.76. The van der Waals surface area contributed by atoms with E-state index < -0.39 is 23.9 Å². The van der Waals surface area contributed by atoms with Crippen LogP contribution in [0, 0.1) is 0 Å². The summed E-state index contributed by atoms with van der Waals surface area (Å²) in [4.78, 5) is 0. The molecule has 0 aromatic heterocycles. The molecule has 0 radical (unpaired) electrons. The molecule has 2 atom stereocenters. The molecule has 2 nitrogen and oxygen atoms in total. The molecule has 0 fully saturated rings. The van der Waals surface area contributed by atoms with Crippen LogP contribution in [0.5, 0.6) is 5.75 Å². The summed E-state index contributed by atoms with van der Waals surface area (Å²) in [5, 5.41) is 0. The van der Waals surface area contributed by atoms with E-state index in [9.17, 15) is 13.2 Å². The number of para-hydroxylation sites is 1. The average molecular weight is 295 g/mol. The van der Waals surface area contributed by atoms with Crippen LogP contribution in [-0.4, -0.2) is 6.10 Å². The summed E-state index contributed by atoms with van der Waals surface area (Å²) < 4.78 is 44.2. The molecule has 0 aliphatic carbocycles. The van der Waals surface area contributed by atoms with Crippen molar-refractivity contribution >= 4 is 0 Å². The zero-order chi connectivity index (χ0) is 15.5. The molecule has 0 saturated heterocycles. The van der Waals surface area contributed by atoms with Crippen LogP contribution >= 0.6 is 0 Å². The zero-order valence-electron chi connectivity index (χ0n) is 11.5. The number of hydrogen-bond donors (Lipinski definition) is 1. The summed E-state index contributed by atoms with van der Waals surface area (Å²) in [5.74, 6) is -0.205. The van der Waals surface area contributed by atoms with Gasteiger partial charge in [-0.15, -0.1) is 0 Å². The van der Waals surface area contributed by atoms with E-state index in [1.807, 2.05) is 30.3 Å². The van der Waals surface area contributed by atoms with E-state index >= 15 is 0 Å². The van der Waals surface area contributed by atoms with Crippen molar-refractivity contribution in [1.82, 2.24) is 0 Å². The van der Waals surface area contributed by atoms with E-state index in [-0.39, 0.29) is 5.75 Å². The van der Waals surface area contributed by atoms with Gasteiger partial charge in [0.05, 0.1) is 11.6 Å². The Morgan fingerprint density at radius 2 is 1.52 bits per heavy atom. The van der Waals surface area contributed by atoms with Crippen LogP contribution in [-0.2, 0) is 6.18 Å². The summed E-state index contributed by atoms with van der Waals surface area (Å²) in [5.41, 5.74) is 6.06. The molecule has 112 valence electrons. The van der Waals surface area contributed by atoms with Crippen molar-refractivity contribution in [2.75, 3.05) is 0 Å². The molecule has 5 heteroatoms. The maximum absolute atomic E-state index is 12.9. The molecule has 2 rings (SSSR count). The third-order valence-electron chi connectivity index (χ3n) is 3.20. The highest BCUT2D eigenvalue weighted by Gasteiger charge is 2.34. The fraction of sp³-hybridized carbons (Fsp3) is 0.250. The number of ether oxygens (including phenoxy) is 1. The van der Waals surface area contributed by atoms with Crippen molar-refractivity contribution < 1.29 is 17.9 Å². The van der Waals surface area contributed by atoms with E-state index in [4.69, 9.17) is 10.5 Å². The highest BCUT2D eigenvalue weighted by molar-refractivity contribution is 5.36. The molecular weight excluding hydrogens is 279 g/mol. The van der Waals surface area contributed by atoms with Crippen molar-refractivity contribution in [2.45, 2.75) is 25.2 Å². The van der Waals surface area contributed by atoms with Crippen LogP contribution < -0.4 is 10.5 Å². The lowest BCUT2D eigenvalue weighted by atomic mass is 10.0. The Morgan fingerprint density at radius 1 is 0.952 bits per heavy atom. The summed E-state index contributed by atoms with van der Waals surface area (Å²) in [6, 6.07) is 13.8. The number of benzene rings is 2. The molecule has 2 aromatic rings. The standard InChI is InChI=1S/C16H16F3NO/c1-11(15(20)12-7-3-2-4-8-12)21-14-10-6-5-9-13(14)16(17,18)19/h2-11,15H,20H2,1H3. The van der Waals surface area contributed by atoms with Gasteiger partial charge in [-0.1, -0.05) is 42.5 Å². The SMILES string of the molecule is CC(Oc1ccccc1C(F)(F)F)C(N)c1ccccc1. The fourth-order valence-corrected chi connectivity index (χ4v) is 2.02. The lowest BCUT2D eigenvalue weighted by molar-refractivity contribution is -0.139. The number of rotatable bonds is 4. The van der Waals surface area contributed by atoms with E-state index in [0.29, 0.717) is 0 Å². The van der Waals surface area contributed by atoms with Crippen LogP contribution in [0.25, 0.3) is 0 Å². The minimum atomic E-state index is -4.45. The van der Waals surface area contributed by atoms with Gasteiger partial charge in [0.2, 0.25) is 0 Å². The smallest absolute Gasteiger partial charge is 0.419 e. The first-order valence-electron chi connectivity index (χ1n) is 6.53. The van der Waals surface area contributed by atoms with Crippen LogP contribution in [0.2, 0.25) is 0 Å². The zero-order valence-corrected chi connectivity index (χ0v) is 11.5. The monoisotopic (exact) mass is 295 g/mol. The Hall–Kier alpha value is -2.01. The number of hydrogen-bond acceptors (Lipinski definition) is 2. The first-order valence-corrected chi connectivity index (χ1v) is 6.53. The average Bonchev–Trinajstić information content (AvgIpc) is 2.47. The maximum atomic E-state index is 12.9. The highest BCUT2D eigenvalue weighted by atomic mass is 19.4. The van der Waals surface area contributed by atoms with Gasteiger partial charge >= 0.3 is 6.18 Å². The minimum absolute atomic E-state index is 0.205. The van der Waals surface area contributed by atoms with Crippen molar-refractivity contribution in [2.24, 2.45) is 5.73 Å². The third-order valence-corrected chi connectivity index (χ3v) is 3.20. The summed E-state index contributed by atoms with van der Waals surface area (Å²) in [6.07, 6.45) is -5.04. The van der Waals surface area contributed by atoms with Gasteiger partial charge in [-0.05, 0) is 24.6 Å². The van der Waals surface area contributed by atoms with Gasteiger partial charge in [0, 0.05) is 0 Å². The van der Waals surface area contributed by atoms with Crippen molar-refractivity contribution in [1.29, 1.82) is 0 Å². The Labute approximate surface area is 121 Å². The van der Waals surface area contributed by atoms with Crippen LogP contribution in [0.3, 0.4) is 0 Å². The predicted molar refractivity (Wildman–Crippen MR) is 74.9 cm³/mol. The topological polar surface area (TPSA) is 35.2 Å². The molecule has 0 bridgehead atoms. The Balaban J connectivity index is 2.19. The lowest BCUT2D eigenvalue weighted by Gasteiger charge is -2.23. The highest BCUT2D eigenvalue weighted by Crippen LogP contribution is 2.36. The molecule has 2 unspecified atom stereocenters. The second-order valence-electron chi connectivity index (χ2n) is 4.75. The quantitative estimate of drug-likeness (QED) is 0.918. The van der Waals surface area contributed by atoms with Gasteiger partial charge in [-0.2, -0.15) is 13.2 Å². The van der Waals surface area contributed by atoms with E-state index in [1.165, 1.54) is 18.2 Å². The second-order valence-corrected chi connectivity index (χ2v) is 4.75. The molecule has 0 saturated carbocycles. The number of alkyl halides is 3. The summed E-state index contributed by atoms with van der Waals surface area (Å²) >= 11 is 0. The Morgan fingerprint density at radius 3 is 2.14 bits per heavy atom. The fourth-order valence-electron chi connectivity index (χ4n) is 2.02. The summed E-state index contributed by atoms with van der Waals surface area (Å²) in [6.45, 7) is 1.66. The van der Waals surface area contributed by atoms with Crippen molar-refractivity contribution in [3.05, 3.63) is 65.7 Å².